The molecule has 2 aromatic rings. The number of allylic oxidation sites excluding steroid dienone is 2. The number of methoxy groups -OCH3 is 4. The Morgan fingerprint density at radius 2 is 1.05 bits per heavy atom. The number of rotatable bonds is 8. The maximum atomic E-state index is 13.7. The fraction of sp³-hybridized carbons (Fsp3) is 0.667. The van der Waals surface area contributed by atoms with Crippen LogP contribution in [0.1, 0.15) is 142 Å². The van der Waals surface area contributed by atoms with Crippen LogP contribution >= 0.6 is 0 Å². The third-order valence-corrected chi connectivity index (χ3v) is 14.5. The minimum absolute atomic E-state index is 0. The van der Waals surface area contributed by atoms with Gasteiger partial charge in [0.2, 0.25) is 0 Å². The number of ketones is 2. The summed E-state index contributed by atoms with van der Waals surface area (Å²) in [7, 11) is 6.43. The van der Waals surface area contributed by atoms with E-state index in [2.05, 4.69) is 54.5 Å². The fourth-order valence-corrected chi connectivity index (χ4v) is 11.7. The number of benzene rings is 2. The van der Waals surface area contributed by atoms with E-state index in [4.69, 9.17) is 18.9 Å². The van der Waals surface area contributed by atoms with Gasteiger partial charge in [-0.15, -0.1) is 0 Å². The number of fused-ring (bicyclic) bond motifs is 2. The van der Waals surface area contributed by atoms with Crippen LogP contribution in [0.2, 0.25) is 0 Å². The van der Waals surface area contributed by atoms with E-state index in [0.717, 1.165) is 38.5 Å². The average Bonchev–Trinajstić information content (AvgIpc) is 3.11. The first-order chi connectivity index (χ1) is 24.9. The van der Waals surface area contributed by atoms with E-state index in [1.165, 1.54) is 18.4 Å². The van der Waals surface area contributed by atoms with Crippen molar-refractivity contribution >= 4 is 11.6 Å². The van der Waals surface area contributed by atoms with Crippen molar-refractivity contribution < 1.29 is 33.6 Å². The Morgan fingerprint density at radius 3 is 1.51 bits per heavy atom. The largest absolute Gasteiger partial charge is 0.497 e. The summed E-state index contributed by atoms with van der Waals surface area (Å²) in [5.74, 6) is 3.39. The van der Waals surface area contributed by atoms with E-state index < -0.39 is 6.10 Å². The molecule has 7 heteroatoms. The number of aliphatic hydroxyl groups excluding tert-OH is 1. The second kappa shape index (κ2) is 17.4. The predicted molar refractivity (Wildman–Crippen MR) is 225 cm³/mol. The van der Waals surface area contributed by atoms with Gasteiger partial charge in [0, 0.05) is 35.1 Å². The van der Waals surface area contributed by atoms with Crippen molar-refractivity contribution in [2.45, 2.75) is 128 Å². The van der Waals surface area contributed by atoms with Crippen LogP contribution in [0, 0.1) is 51.2 Å². The topological polar surface area (TPSA) is 91.3 Å². The number of carbonyl (C=O) groups is 2. The lowest BCUT2D eigenvalue weighted by atomic mass is 9.45. The minimum Gasteiger partial charge on any atom is -0.497 e. The molecule has 0 unspecified atom stereocenters. The van der Waals surface area contributed by atoms with E-state index in [1.807, 2.05) is 25.1 Å². The molecule has 4 aliphatic carbocycles. The van der Waals surface area contributed by atoms with Gasteiger partial charge in [0.05, 0.1) is 34.5 Å². The minimum atomic E-state index is -0.443. The van der Waals surface area contributed by atoms with E-state index in [0.29, 0.717) is 46.0 Å². The van der Waals surface area contributed by atoms with Crippen LogP contribution in [0.5, 0.6) is 23.0 Å². The van der Waals surface area contributed by atoms with Crippen molar-refractivity contribution in [1.29, 1.82) is 0 Å². The second-order valence-electron chi connectivity index (χ2n) is 18.5. The van der Waals surface area contributed by atoms with Crippen molar-refractivity contribution in [2.75, 3.05) is 28.4 Å². The lowest BCUT2D eigenvalue weighted by Crippen LogP contribution is -2.57. The van der Waals surface area contributed by atoms with E-state index in [9.17, 15) is 14.7 Å². The van der Waals surface area contributed by atoms with Crippen molar-refractivity contribution in [1.82, 2.24) is 0 Å². The van der Waals surface area contributed by atoms with Crippen LogP contribution in [-0.2, 0) is 0 Å². The third-order valence-electron chi connectivity index (χ3n) is 14.5. The molecule has 0 aromatic heterocycles. The van der Waals surface area contributed by atoms with E-state index in [-0.39, 0.29) is 65.8 Å². The van der Waals surface area contributed by atoms with E-state index in [1.54, 1.807) is 46.6 Å². The van der Waals surface area contributed by atoms with Gasteiger partial charge in [-0.1, -0.05) is 87.8 Å². The predicted octanol–water partition coefficient (Wildman–Crippen LogP) is 11.7. The Balaban J connectivity index is 0.000000285. The molecule has 0 bridgehead atoms. The number of ether oxygens (including phenoxy) is 4. The van der Waals surface area contributed by atoms with Gasteiger partial charge in [-0.05, 0) is 109 Å². The molecule has 55 heavy (non-hydrogen) atoms. The fourth-order valence-electron chi connectivity index (χ4n) is 11.7. The average molecular weight is 763 g/mol. The summed E-state index contributed by atoms with van der Waals surface area (Å²) in [6.07, 6.45) is 10.6. The molecule has 308 valence electrons. The third kappa shape index (κ3) is 8.67. The lowest BCUT2D eigenvalue weighted by molar-refractivity contribution is -0.125. The molecule has 3 fully saturated rings. The molecule has 2 aromatic carbocycles. The summed E-state index contributed by atoms with van der Waals surface area (Å²) in [5, 5.41) is 10.8. The Kier molecular flexibility index (Phi) is 14.6. The van der Waals surface area contributed by atoms with Gasteiger partial charge < -0.3 is 24.1 Å². The molecule has 0 heterocycles. The van der Waals surface area contributed by atoms with Crippen LogP contribution in [0.3, 0.4) is 0 Å². The van der Waals surface area contributed by atoms with Crippen LogP contribution in [0.25, 0.3) is 0 Å². The van der Waals surface area contributed by atoms with Crippen molar-refractivity contribution in [3.8, 4) is 23.0 Å². The van der Waals surface area contributed by atoms with Gasteiger partial charge in [0.25, 0.3) is 0 Å². The summed E-state index contributed by atoms with van der Waals surface area (Å²) >= 11 is 0. The van der Waals surface area contributed by atoms with Gasteiger partial charge in [-0.25, -0.2) is 0 Å². The summed E-state index contributed by atoms with van der Waals surface area (Å²) in [4.78, 5) is 27.4. The molecule has 0 aliphatic heterocycles. The molecule has 3 saturated carbocycles. The summed E-state index contributed by atoms with van der Waals surface area (Å²) in [6, 6.07) is 10.9. The highest BCUT2D eigenvalue weighted by atomic mass is 16.5. The molecule has 4 aliphatic rings. The lowest BCUT2D eigenvalue weighted by Gasteiger charge is -2.59. The van der Waals surface area contributed by atoms with Crippen molar-refractivity contribution in [3.63, 3.8) is 0 Å². The zero-order valence-electron chi connectivity index (χ0n) is 34.6. The van der Waals surface area contributed by atoms with Gasteiger partial charge in [-0.3, -0.25) is 9.59 Å². The normalized spacial score (nSPS) is 31.5. The standard InChI is InChI=1S/C23H34O4.C23H32O3.2CH4/c1-14-18(24)13-19-22(2,3)8-7-9-23(19,4)20(14)21(25)15-10-16(26-5)12-17(11-15)27-6;1-15-8-9-19-22(2,3)10-7-11-23(19,4)20(15)21(24)16-12-17(25-5)14-18(13-16)26-6;;/h10-12,14,18-20,24H,7-9,13H2,1-6H3;8,12-14,19-20H,7,9-11H2,1-6H3;2*1H4/t14-,18+,19-,20+,23-;19-,20+,23-;;/m00../s1. The second-order valence-corrected chi connectivity index (χ2v) is 18.5. The van der Waals surface area contributed by atoms with Crippen LogP contribution in [-0.4, -0.2) is 51.2 Å². The van der Waals surface area contributed by atoms with Gasteiger partial charge in [0.1, 0.15) is 23.0 Å². The Bertz CT molecular complexity index is 1640. The Labute approximate surface area is 334 Å². The quantitative estimate of drug-likeness (QED) is 0.211. The first kappa shape index (κ1) is 46.1. The van der Waals surface area contributed by atoms with Gasteiger partial charge in [0.15, 0.2) is 11.6 Å². The highest BCUT2D eigenvalue weighted by Gasteiger charge is 2.58. The zero-order chi connectivity index (χ0) is 39.1. The monoisotopic (exact) mass is 763 g/mol. The smallest absolute Gasteiger partial charge is 0.170 e. The molecule has 7 nitrogen and oxygen atoms in total. The molecular formula is C48H74O7. The number of hydrogen-bond acceptors (Lipinski definition) is 7. The summed E-state index contributed by atoms with van der Waals surface area (Å²) < 4.78 is 21.5. The molecule has 8 atom stereocenters. The molecule has 6 rings (SSSR count). The number of hydrogen-bond donors (Lipinski definition) is 1. The Morgan fingerprint density at radius 1 is 0.636 bits per heavy atom. The first-order valence-electron chi connectivity index (χ1n) is 19.8. The molecule has 0 spiro atoms. The SMILES string of the molecule is C.C.COc1cc(OC)cc(C(=O)[C@H]2C(C)=CC[C@H]3C(C)(C)CCC[C@]23C)c1.COc1cc(OC)cc(C(=O)[C@H]2[C@@H](C)[C@H](O)C[C@H]3C(C)(C)CCC[C@]23C)c1. The zero-order valence-corrected chi connectivity index (χ0v) is 34.6. The number of Topliss-reactive ketones (excluding diaryl/α,β-unsaturated/α-hetero) is 2. The maximum Gasteiger partial charge on any atom is 0.170 e. The molecular weight excluding hydrogens is 689 g/mol. The summed E-state index contributed by atoms with van der Waals surface area (Å²) in [6.45, 7) is 18.1. The highest BCUT2D eigenvalue weighted by Crippen LogP contribution is 2.62. The summed E-state index contributed by atoms with van der Waals surface area (Å²) in [5.41, 5.74) is 2.83. The van der Waals surface area contributed by atoms with Crippen LogP contribution < -0.4 is 18.9 Å². The molecule has 0 amide bonds. The van der Waals surface area contributed by atoms with Gasteiger partial charge >= 0.3 is 0 Å². The number of carbonyl (C=O) groups excluding carboxylic acids is 2. The van der Waals surface area contributed by atoms with Crippen LogP contribution in [0.4, 0.5) is 0 Å². The molecule has 1 N–H and O–H groups in total. The Hall–Kier alpha value is -3.32. The van der Waals surface area contributed by atoms with Gasteiger partial charge in [-0.2, -0.15) is 0 Å². The molecule has 0 radical (unpaired) electrons. The van der Waals surface area contributed by atoms with Crippen molar-refractivity contribution in [3.05, 3.63) is 59.2 Å². The molecule has 0 saturated heterocycles. The van der Waals surface area contributed by atoms with E-state index >= 15 is 0 Å². The van der Waals surface area contributed by atoms with Crippen LogP contribution in [0.15, 0.2) is 48.0 Å². The first-order valence-corrected chi connectivity index (χ1v) is 19.8. The van der Waals surface area contributed by atoms with Crippen molar-refractivity contribution in [2.24, 2.45) is 51.2 Å². The maximum absolute atomic E-state index is 13.7. The number of aliphatic hydroxyl groups is 1. The highest BCUT2D eigenvalue weighted by molar-refractivity contribution is 6.01.